The van der Waals surface area contributed by atoms with Crippen molar-refractivity contribution in [1.29, 1.82) is 0 Å². The van der Waals surface area contributed by atoms with E-state index in [1.54, 1.807) is 6.08 Å². The van der Waals surface area contributed by atoms with Crippen molar-refractivity contribution in [2.24, 2.45) is 0 Å². The first-order valence-electron chi connectivity index (χ1n) is 23.5. The van der Waals surface area contributed by atoms with Gasteiger partial charge in [-0.25, -0.2) is 0 Å². The summed E-state index contributed by atoms with van der Waals surface area (Å²) in [6.07, 6.45) is 44.6. The summed E-state index contributed by atoms with van der Waals surface area (Å²) in [6, 6.07) is -0.802. The second-order valence-corrected chi connectivity index (χ2v) is 16.2. The van der Waals surface area contributed by atoms with Crippen LogP contribution < -0.4 is 5.32 Å². The van der Waals surface area contributed by atoms with Gasteiger partial charge in [-0.1, -0.05) is 184 Å². The lowest BCUT2D eigenvalue weighted by Crippen LogP contribution is -2.60. The van der Waals surface area contributed by atoms with Crippen molar-refractivity contribution in [3.8, 4) is 0 Å². The molecular formula is C49H87NO8. The first kappa shape index (κ1) is 53.9. The van der Waals surface area contributed by atoms with Crippen LogP contribution in [-0.4, -0.2) is 87.5 Å². The zero-order chi connectivity index (χ0) is 42.3. The molecule has 1 aliphatic heterocycles. The molecule has 0 spiro atoms. The highest BCUT2D eigenvalue weighted by Crippen LogP contribution is 2.22. The van der Waals surface area contributed by atoms with Crippen LogP contribution in [-0.2, 0) is 14.3 Å². The second-order valence-electron chi connectivity index (χ2n) is 16.2. The van der Waals surface area contributed by atoms with Gasteiger partial charge in [0, 0.05) is 6.42 Å². The van der Waals surface area contributed by atoms with Crippen LogP contribution >= 0.6 is 0 Å². The summed E-state index contributed by atoms with van der Waals surface area (Å²) in [7, 11) is 0. The van der Waals surface area contributed by atoms with E-state index in [0.29, 0.717) is 6.42 Å². The molecule has 1 aliphatic rings. The fraction of sp³-hybridized carbons (Fsp3) is 0.776. The molecular weight excluding hydrogens is 731 g/mol. The number of allylic oxidation sites excluding steroid dienone is 9. The maximum atomic E-state index is 12.9. The SMILES string of the molecule is CC/C=C\C/C=C\C/C=C\C/C=C\CCCCCCCCCCCCCCCCCCC(=O)NC(COC1OC(CO)C(O)C(O)C1O)C(O)/C=C/CCCCCC. The largest absolute Gasteiger partial charge is 0.394 e. The Bertz CT molecular complexity index is 1090. The Kier molecular flexibility index (Phi) is 36.3. The van der Waals surface area contributed by atoms with Crippen LogP contribution in [0.4, 0.5) is 0 Å². The van der Waals surface area contributed by atoms with Gasteiger partial charge < -0.3 is 40.3 Å². The molecule has 336 valence electrons. The molecule has 9 heteroatoms. The highest BCUT2D eigenvalue weighted by atomic mass is 16.7. The number of hydrogen-bond donors (Lipinski definition) is 6. The standard InChI is InChI=1S/C49H87NO8/c1-3-5-7-9-11-12-13-14-15-16-17-18-19-20-21-22-23-24-25-26-27-28-29-30-31-32-33-35-37-39-45(53)50-42(43(52)38-36-34-10-8-6-4-2)41-57-49-48(56)47(55)46(54)44(40-51)58-49/h5,7,11-12,14-15,17-18,36,38,42-44,46-49,51-52,54-56H,3-4,6,8-10,13,16,19-35,37,39-41H2,1-2H3,(H,50,53)/b7-5-,12-11-,15-14-,18-17-,38-36+. The number of ether oxygens (including phenoxy) is 2. The molecule has 7 unspecified atom stereocenters. The van der Waals surface area contributed by atoms with E-state index >= 15 is 0 Å². The average molecular weight is 818 g/mol. The van der Waals surface area contributed by atoms with Crippen molar-refractivity contribution in [2.45, 2.75) is 230 Å². The summed E-state index contributed by atoms with van der Waals surface area (Å²) in [6.45, 7) is 3.57. The lowest BCUT2D eigenvalue weighted by atomic mass is 9.99. The van der Waals surface area contributed by atoms with Gasteiger partial charge in [0.25, 0.3) is 0 Å². The Morgan fingerprint density at radius 3 is 1.59 bits per heavy atom. The Hall–Kier alpha value is -2.11. The molecule has 0 aromatic heterocycles. The lowest BCUT2D eigenvalue weighted by molar-refractivity contribution is -0.302. The molecule has 0 radical (unpaired) electrons. The van der Waals surface area contributed by atoms with Crippen LogP contribution in [0.5, 0.6) is 0 Å². The molecule has 1 amide bonds. The first-order valence-corrected chi connectivity index (χ1v) is 23.5. The van der Waals surface area contributed by atoms with Gasteiger partial charge in [0.15, 0.2) is 6.29 Å². The van der Waals surface area contributed by atoms with Gasteiger partial charge in [-0.05, 0) is 57.8 Å². The number of unbranched alkanes of at least 4 members (excludes halogenated alkanes) is 20. The molecule has 0 aromatic carbocycles. The van der Waals surface area contributed by atoms with Crippen molar-refractivity contribution in [2.75, 3.05) is 13.2 Å². The molecule has 1 saturated heterocycles. The van der Waals surface area contributed by atoms with Crippen molar-refractivity contribution >= 4 is 5.91 Å². The minimum atomic E-state index is -1.56. The molecule has 0 aromatic rings. The smallest absolute Gasteiger partial charge is 0.220 e. The monoisotopic (exact) mass is 818 g/mol. The first-order chi connectivity index (χ1) is 28.3. The quantitative estimate of drug-likeness (QED) is 0.0267. The van der Waals surface area contributed by atoms with Gasteiger partial charge >= 0.3 is 0 Å². The maximum Gasteiger partial charge on any atom is 0.220 e. The fourth-order valence-corrected chi connectivity index (χ4v) is 7.09. The number of hydrogen-bond acceptors (Lipinski definition) is 8. The summed E-state index contributed by atoms with van der Waals surface area (Å²) in [5.41, 5.74) is 0. The minimum Gasteiger partial charge on any atom is -0.394 e. The Labute approximate surface area is 354 Å². The Balaban J connectivity index is 2.10. The van der Waals surface area contributed by atoms with E-state index in [9.17, 15) is 30.3 Å². The highest BCUT2D eigenvalue weighted by molar-refractivity contribution is 5.76. The zero-order valence-corrected chi connectivity index (χ0v) is 36.8. The van der Waals surface area contributed by atoms with Crippen molar-refractivity contribution < 1.29 is 39.8 Å². The third-order valence-electron chi connectivity index (χ3n) is 10.8. The van der Waals surface area contributed by atoms with Crippen LogP contribution in [0.2, 0.25) is 0 Å². The van der Waals surface area contributed by atoms with Gasteiger partial charge in [-0.15, -0.1) is 0 Å². The van der Waals surface area contributed by atoms with E-state index in [2.05, 4.69) is 67.8 Å². The molecule has 1 heterocycles. The topological polar surface area (TPSA) is 149 Å². The number of rotatable bonds is 38. The van der Waals surface area contributed by atoms with Gasteiger partial charge in [-0.2, -0.15) is 0 Å². The van der Waals surface area contributed by atoms with E-state index in [4.69, 9.17) is 9.47 Å². The highest BCUT2D eigenvalue weighted by Gasteiger charge is 2.44. The summed E-state index contributed by atoms with van der Waals surface area (Å²) in [4.78, 5) is 12.9. The van der Waals surface area contributed by atoms with Crippen LogP contribution in [0.25, 0.3) is 0 Å². The van der Waals surface area contributed by atoms with Crippen LogP contribution in [0.3, 0.4) is 0 Å². The Morgan fingerprint density at radius 1 is 0.603 bits per heavy atom. The summed E-state index contributed by atoms with van der Waals surface area (Å²) < 4.78 is 11.1. The summed E-state index contributed by atoms with van der Waals surface area (Å²) in [5.74, 6) is -0.185. The number of aliphatic hydroxyl groups excluding tert-OH is 5. The van der Waals surface area contributed by atoms with Crippen molar-refractivity contribution in [1.82, 2.24) is 5.32 Å². The van der Waals surface area contributed by atoms with Gasteiger partial charge in [0.2, 0.25) is 5.91 Å². The zero-order valence-electron chi connectivity index (χ0n) is 36.8. The Morgan fingerprint density at radius 2 is 1.07 bits per heavy atom. The van der Waals surface area contributed by atoms with Crippen molar-refractivity contribution in [3.05, 3.63) is 60.8 Å². The van der Waals surface area contributed by atoms with E-state index in [1.165, 1.54) is 89.9 Å². The third kappa shape index (κ3) is 29.2. The van der Waals surface area contributed by atoms with Gasteiger partial charge in [0.05, 0.1) is 25.4 Å². The molecule has 0 aliphatic carbocycles. The van der Waals surface area contributed by atoms with Crippen LogP contribution in [0.15, 0.2) is 60.8 Å². The number of amides is 1. The van der Waals surface area contributed by atoms with Gasteiger partial charge in [-0.3, -0.25) is 4.79 Å². The molecule has 9 nitrogen and oxygen atoms in total. The predicted octanol–water partition coefficient (Wildman–Crippen LogP) is 10.0. The third-order valence-corrected chi connectivity index (χ3v) is 10.8. The maximum absolute atomic E-state index is 12.9. The molecule has 58 heavy (non-hydrogen) atoms. The van der Waals surface area contributed by atoms with Gasteiger partial charge in [0.1, 0.15) is 24.4 Å². The van der Waals surface area contributed by atoms with Crippen molar-refractivity contribution in [3.63, 3.8) is 0 Å². The number of aliphatic hydroxyl groups is 5. The molecule has 1 rings (SSSR count). The number of carbonyl (C=O) groups excluding carboxylic acids is 1. The molecule has 0 saturated carbocycles. The number of carbonyl (C=O) groups is 1. The normalized spacial score (nSPS) is 21.4. The minimum absolute atomic E-state index is 0.185. The summed E-state index contributed by atoms with van der Waals surface area (Å²) in [5, 5.41) is 53.8. The van der Waals surface area contributed by atoms with Crippen LogP contribution in [0.1, 0.15) is 187 Å². The van der Waals surface area contributed by atoms with E-state index < -0.39 is 49.5 Å². The number of nitrogens with one attached hydrogen (secondary N) is 1. The molecule has 7 atom stereocenters. The van der Waals surface area contributed by atoms with E-state index in [-0.39, 0.29) is 12.5 Å². The predicted molar refractivity (Wildman–Crippen MR) is 239 cm³/mol. The molecule has 6 N–H and O–H groups in total. The molecule has 1 fully saturated rings. The average Bonchev–Trinajstić information content (AvgIpc) is 3.22. The second kappa shape index (κ2) is 39.1. The summed E-state index contributed by atoms with van der Waals surface area (Å²) >= 11 is 0. The molecule has 0 bridgehead atoms. The van der Waals surface area contributed by atoms with Crippen LogP contribution in [0, 0.1) is 0 Å². The van der Waals surface area contributed by atoms with E-state index in [1.807, 2.05) is 6.08 Å². The lowest BCUT2D eigenvalue weighted by Gasteiger charge is -2.40. The van der Waals surface area contributed by atoms with E-state index in [0.717, 1.165) is 77.0 Å². The fourth-order valence-electron chi connectivity index (χ4n) is 7.09.